The largest absolute Gasteiger partial charge is 0.497 e. The molecule has 0 unspecified atom stereocenters. The highest BCUT2D eigenvalue weighted by Crippen LogP contribution is 2.28. The average Bonchev–Trinajstić information content (AvgIpc) is 3.34. The highest BCUT2D eigenvalue weighted by atomic mass is 16.5. The van der Waals surface area contributed by atoms with E-state index in [2.05, 4.69) is 10.1 Å². The molecule has 25 heavy (non-hydrogen) atoms. The summed E-state index contributed by atoms with van der Waals surface area (Å²) in [5.74, 6) is 2.68. The Bertz CT molecular complexity index is 836. The van der Waals surface area contributed by atoms with Gasteiger partial charge in [0.25, 0.3) is 5.89 Å². The summed E-state index contributed by atoms with van der Waals surface area (Å²) in [6.45, 7) is 0. The van der Waals surface area contributed by atoms with Gasteiger partial charge in [0.05, 0.1) is 13.2 Å². The Morgan fingerprint density at radius 2 is 1.76 bits per heavy atom. The molecule has 4 rings (SSSR count). The first-order valence-electron chi connectivity index (χ1n) is 8.57. The van der Waals surface area contributed by atoms with E-state index in [-0.39, 0.29) is 0 Å². The molecule has 0 spiro atoms. The van der Waals surface area contributed by atoms with E-state index in [1.165, 1.54) is 12.8 Å². The van der Waals surface area contributed by atoms with E-state index in [1.54, 1.807) is 7.11 Å². The Labute approximate surface area is 146 Å². The molecule has 0 atom stereocenters. The van der Waals surface area contributed by atoms with Crippen LogP contribution in [0.2, 0.25) is 0 Å². The summed E-state index contributed by atoms with van der Waals surface area (Å²) in [6, 6.07) is 15.4. The van der Waals surface area contributed by atoms with Crippen LogP contribution in [0.5, 0.6) is 11.5 Å². The summed E-state index contributed by atoms with van der Waals surface area (Å²) in [6.07, 6.45) is 5.18. The lowest BCUT2D eigenvalue weighted by Crippen LogP contribution is -2.10. The van der Waals surface area contributed by atoms with Crippen LogP contribution >= 0.6 is 0 Å². The van der Waals surface area contributed by atoms with Gasteiger partial charge in [-0.3, -0.25) is 0 Å². The van der Waals surface area contributed by atoms with Crippen LogP contribution in [0.4, 0.5) is 0 Å². The minimum atomic E-state index is 0.357. The Kier molecular flexibility index (Phi) is 4.37. The number of nitrogens with zero attached hydrogens (tertiary/aromatic N) is 2. The SMILES string of the molecule is COc1cccc(-c2nc(-c3ccc(OC4CCCC4)cc3)no2)c1. The Morgan fingerprint density at radius 3 is 2.52 bits per heavy atom. The van der Waals surface area contributed by atoms with Gasteiger partial charge >= 0.3 is 0 Å². The molecular weight excluding hydrogens is 316 g/mol. The lowest BCUT2D eigenvalue weighted by atomic mass is 10.2. The van der Waals surface area contributed by atoms with Crippen LogP contribution in [0.15, 0.2) is 53.1 Å². The van der Waals surface area contributed by atoms with Crippen LogP contribution in [-0.2, 0) is 0 Å². The molecule has 1 aromatic heterocycles. The number of ether oxygens (including phenoxy) is 2. The van der Waals surface area contributed by atoms with Gasteiger partial charge in [0, 0.05) is 11.1 Å². The molecule has 0 N–H and O–H groups in total. The second-order valence-corrected chi connectivity index (χ2v) is 6.20. The summed E-state index contributed by atoms with van der Waals surface area (Å²) in [5.41, 5.74) is 1.73. The van der Waals surface area contributed by atoms with Crippen molar-refractivity contribution >= 4 is 0 Å². The number of benzene rings is 2. The number of hydrogen-bond donors (Lipinski definition) is 0. The van der Waals surface area contributed by atoms with Crippen molar-refractivity contribution in [2.75, 3.05) is 7.11 Å². The zero-order valence-corrected chi connectivity index (χ0v) is 14.1. The summed E-state index contributed by atoms with van der Waals surface area (Å²) < 4.78 is 16.6. The summed E-state index contributed by atoms with van der Waals surface area (Å²) in [7, 11) is 1.63. The molecule has 0 bridgehead atoms. The fraction of sp³-hybridized carbons (Fsp3) is 0.300. The minimum Gasteiger partial charge on any atom is -0.497 e. The standard InChI is InChI=1S/C20H20N2O3/c1-23-18-8-4-5-15(13-18)20-21-19(22-25-20)14-9-11-17(12-10-14)24-16-6-2-3-7-16/h4-5,8-13,16H,2-3,6-7H2,1H3. The van der Waals surface area contributed by atoms with Crippen LogP contribution in [-0.4, -0.2) is 23.4 Å². The third-order valence-electron chi connectivity index (χ3n) is 4.46. The third-order valence-corrected chi connectivity index (χ3v) is 4.46. The molecule has 5 nitrogen and oxygen atoms in total. The number of methoxy groups -OCH3 is 1. The second-order valence-electron chi connectivity index (χ2n) is 6.20. The van der Waals surface area contributed by atoms with Crippen molar-refractivity contribution in [3.8, 4) is 34.3 Å². The number of rotatable bonds is 5. The van der Waals surface area contributed by atoms with Gasteiger partial charge < -0.3 is 14.0 Å². The monoisotopic (exact) mass is 336 g/mol. The second kappa shape index (κ2) is 6.97. The zero-order chi connectivity index (χ0) is 17.1. The van der Waals surface area contributed by atoms with Crippen molar-refractivity contribution < 1.29 is 14.0 Å². The van der Waals surface area contributed by atoms with E-state index < -0.39 is 0 Å². The molecule has 0 saturated heterocycles. The van der Waals surface area contributed by atoms with Gasteiger partial charge in [0.15, 0.2) is 0 Å². The van der Waals surface area contributed by atoms with Crippen LogP contribution in [0.3, 0.4) is 0 Å². The smallest absolute Gasteiger partial charge is 0.258 e. The minimum absolute atomic E-state index is 0.357. The van der Waals surface area contributed by atoms with Gasteiger partial charge in [-0.15, -0.1) is 0 Å². The topological polar surface area (TPSA) is 57.4 Å². The summed E-state index contributed by atoms with van der Waals surface area (Å²) in [5, 5.41) is 4.08. The van der Waals surface area contributed by atoms with Gasteiger partial charge in [0.2, 0.25) is 5.82 Å². The van der Waals surface area contributed by atoms with Crippen LogP contribution < -0.4 is 9.47 Å². The van der Waals surface area contributed by atoms with Gasteiger partial charge in [-0.05, 0) is 68.1 Å². The normalized spacial score (nSPS) is 14.6. The first kappa shape index (κ1) is 15.7. The van der Waals surface area contributed by atoms with Crippen molar-refractivity contribution in [2.24, 2.45) is 0 Å². The molecule has 3 aromatic rings. The molecule has 1 heterocycles. The molecule has 0 amide bonds. The summed E-state index contributed by atoms with van der Waals surface area (Å²) in [4.78, 5) is 4.48. The van der Waals surface area contributed by atoms with E-state index in [1.807, 2.05) is 48.5 Å². The molecule has 5 heteroatoms. The lowest BCUT2D eigenvalue weighted by molar-refractivity contribution is 0.210. The van der Waals surface area contributed by atoms with E-state index >= 15 is 0 Å². The fourth-order valence-electron chi connectivity index (χ4n) is 3.10. The van der Waals surface area contributed by atoms with E-state index in [9.17, 15) is 0 Å². The van der Waals surface area contributed by atoms with Gasteiger partial charge in [-0.25, -0.2) is 0 Å². The van der Waals surface area contributed by atoms with E-state index in [4.69, 9.17) is 14.0 Å². The van der Waals surface area contributed by atoms with E-state index in [0.29, 0.717) is 17.8 Å². The molecule has 0 aliphatic heterocycles. The molecular formula is C20H20N2O3. The molecule has 1 aliphatic rings. The maximum atomic E-state index is 5.99. The van der Waals surface area contributed by atoms with Gasteiger partial charge in [-0.2, -0.15) is 4.98 Å². The van der Waals surface area contributed by atoms with Crippen molar-refractivity contribution in [3.05, 3.63) is 48.5 Å². The van der Waals surface area contributed by atoms with Crippen molar-refractivity contribution in [1.29, 1.82) is 0 Å². The summed E-state index contributed by atoms with van der Waals surface area (Å²) >= 11 is 0. The quantitative estimate of drug-likeness (QED) is 0.674. The molecule has 1 saturated carbocycles. The molecule has 128 valence electrons. The highest BCUT2D eigenvalue weighted by Gasteiger charge is 2.17. The van der Waals surface area contributed by atoms with Crippen molar-refractivity contribution in [2.45, 2.75) is 31.8 Å². The average molecular weight is 336 g/mol. The van der Waals surface area contributed by atoms with Gasteiger partial charge in [0.1, 0.15) is 11.5 Å². The van der Waals surface area contributed by atoms with Gasteiger partial charge in [-0.1, -0.05) is 11.2 Å². The Hall–Kier alpha value is -2.82. The predicted octanol–water partition coefficient (Wildman–Crippen LogP) is 4.73. The van der Waals surface area contributed by atoms with Crippen molar-refractivity contribution in [3.63, 3.8) is 0 Å². The number of hydrogen-bond acceptors (Lipinski definition) is 5. The third kappa shape index (κ3) is 3.50. The maximum absolute atomic E-state index is 5.99. The van der Waals surface area contributed by atoms with Crippen LogP contribution in [0, 0.1) is 0 Å². The van der Waals surface area contributed by atoms with Crippen LogP contribution in [0.1, 0.15) is 25.7 Å². The molecule has 0 radical (unpaired) electrons. The van der Waals surface area contributed by atoms with Crippen LogP contribution in [0.25, 0.3) is 22.8 Å². The Balaban J connectivity index is 1.51. The maximum Gasteiger partial charge on any atom is 0.258 e. The first-order chi connectivity index (χ1) is 12.3. The zero-order valence-electron chi connectivity index (χ0n) is 14.1. The molecule has 1 fully saturated rings. The number of aromatic nitrogens is 2. The van der Waals surface area contributed by atoms with Crippen molar-refractivity contribution in [1.82, 2.24) is 10.1 Å². The lowest BCUT2D eigenvalue weighted by Gasteiger charge is -2.12. The van der Waals surface area contributed by atoms with E-state index in [0.717, 1.165) is 35.5 Å². The molecule has 1 aliphatic carbocycles. The highest BCUT2D eigenvalue weighted by molar-refractivity contribution is 5.61. The fourth-order valence-corrected chi connectivity index (χ4v) is 3.10. The molecule has 2 aromatic carbocycles. The Morgan fingerprint density at radius 1 is 0.960 bits per heavy atom. The predicted molar refractivity (Wildman–Crippen MR) is 94.6 cm³/mol. The first-order valence-corrected chi connectivity index (χ1v) is 8.57.